The number of carboxylic acid groups (broad SMARTS) is 1. The van der Waals surface area contributed by atoms with Crippen LogP contribution < -0.4 is 5.11 Å². The Hall–Kier alpha value is 0.690. The minimum absolute atomic E-state index is 0. The van der Waals surface area contributed by atoms with E-state index in [0.29, 0.717) is 0 Å². The number of rotatable bonds is 0. The van der Waals surface area contributed by atoms with Crippen LogP contribution in [0, 0.1) is 0 Å². The molecule has 0 amide bonds. The molecule has 0 fully saturated rings. The summed E-state index contributed by atoms with van der Waals surface area (Å²) in [7, 11) is 0. The van der Waals surface area contributed by atoms with Gasteiger partial charge < -0.3 is 15.4 Å². The van der Waals surface area contributed by atoms with Gasteiger partial charge in [0.15, 0.2) is 0 Å². The summed E-state index contributed by atoms with van der Waals surface area (Å²) in [6, 6.07) is 0. The Balaban J connectivity index is -0.0000000200. The molecule has 0 atom stereocenters. The van der Waals surface area contributed by atoms with Crippen LogP contribution in [0.1, 0.15) is 0 Å². The predicted octanol–water partition coefficient (Wildman–Crippen LogP) is -2.19. The van der Waals surface area contributed by atoms with E-state index in [0.717, 1.165) is 0 Å². The summed E-state index contributed by atoms with van der Waals surface area (Å²) in [4.78, 5) is 8.25. The third-order valence-electron chi connectivity index (χ3n) is 0. The van der Waals surface area contributed by atoms with Gasteiger partial charge in [-0.05, 0) is 0 Å². The fourth-order valence-electron chi connectivity index (χ4n) is 0. The van der Waals surface area contributed by atoms with Gasteiger partial charge >= 0.3 is 37.7 Å². The zero-order valence-corrected chi connectivity index (χ0v) is 4.76. The standard InChI is InChI=1S/CH2O2.Ca.H2O/c2-1-3;;/h1H,(H,2,3);;1H2/q;+2;/p-2. The number of carbonyl (C=O) groups excluding carboxylic acids is 1. The van der Waals surface area contributed by atoms with Crippen LogP contribution in [0.25, 0.3) is 0 Å². The van der Waals surface area contributed by atoms with Crippen molar-refractivity contribution in [3.05, 3.63) is 0 Å². The Morgan fingerprint density at radius 3 is 1.60 bits per heavy atom. The van der Waals surface area contributed by atoms with Crippen LogP contribution in [0.15, 0.2) is 0 Å². The molecular formula is CH2CaO3. The van der Waals surface area contributed by atoms with Gasteiger partial charge in [0, 0.05) is 6.47 Å². The second-order valence-corrected chi connectivity index (χ2v) is 0.0962. The maximum atomic E-state index is 8.25. The third-order valence-corrected chi connectivity index (χ3v) is 0. The molecule has 0 aromatic rings. The van der Waals surface area contributed by atoms with E-state index in [-0.39, 0.29) is 43.2 Å². The summed E-state index contributed by atoms with van der Waals surface area (Å²) in [6.45, 7) is -0.500. The van der Waals surface area contributed by atoms with E-state index < -0.39 is 6.47 Å². The Morgan fingerprint density at radius 2 is 1.60 bits per heavy atom. The Morgan fingerprint density at radius 1 is 1.60 bits per heavy atom. The van der Waals surface area contributed by atoms with Crippen LogP contribution >= 0.6 is 0 Å². The van der Waals surface area contributed by atoms with Crippen molar-refractivity contribution in [2.75, 3.05) is 0 Å². The summed E-state index contributed by atoms with van der Waals surface area (Å²) < 4.78 is 0. The molecule has 0 rings (SSSR count). The topological polar surface area (TPSA) is 70.1 Å². The molecule has 0 aliphatic carbocycles. The van der Waals surface area contributed by atoms with Crippen LogP contribution in [0.3, 0.4) is 0 Å². The van der Waals surface area contributed by atoms with Gasteiger partial charge in [0.1, 0.15) is 0 Å². The molecule has 0 aliphatic heterocycles. The quantitative estimate of drug-likeness (QED) is 0.257. The van der Waals surface area contributed by atoms with E-state index in [9.17, 15) is 0 Å². The van der Waals surface area contributed by atoms with Gasteiger partial charge in [0.2, 0.25) is 0 Å². The van der Waals surface area contributed by atoms with Crippen molar-refractivity contribution in [1.29, 1.82) is 0 Å². The van der Waals surface area contributed by atoms with Crippen molar-refractivity contribution in [2.45, 2.75) is 0 Å². The summed E-state index contributed by atoms with van der Waals surface area (Å²) in [5.41, 5.74) is 0. The average Bonchev–Trinajstić information content (AvgIpc) is 0.918. The van der Waals surface area contributed by atoms with Crippen molar-refractivity contribution >= 4 is 44.2 Å². The van der Waals surface area contributed by atoms with Gasteiger partial charge in [0.05, 0.1) is 0 Å². The normalized spacial score (nSPS) is 2.40. The SMILES string of the molecule is O=C[O-].[Ca+2].[OH-]. The maximum absolute atomic E-state index is 8.25. The Bertz CT molecular complexity index is 14.4. The van der Waals surface area contributed by atoms with E-state index in [1.165, 1.54) is 0 Å². The van der Waals surface area contributed by atoms with Crippen molar-refractivity contribution in [1.82, 2.24) is 0 Å². The maximum Gasteiger partial charge on any atom is 2.00 e. The smallest absolute Gasteiger partial charge is 0.870 e. The second kappa shape index (κ2) is 22.4. The monoisotopic (exact) mass is 102 g/mol. The van der Waals surface area contributed by atoms with E-state index in [2.05, 4.69) is 0 Å². The third kappa shape index (κ3) is 71.3. The van der Waals surface area contributed by atoms with Gasteiger partial charge in [-0.25, -0.2) is 0 Å². The molecule has 0 spiro atoms. The number of carbonyl (C=O) groups is 1. The van der Waals surface area contributed by atoms with Gasteiger partial charge in [-0.2, -0.15) is 0 Å². The second-order valence-electron chi connectivity index (χ2n) is 0.0962. The summed E-state index contributed by atoms with van der Waals surface area (Å²) in [6.07, 6.45) is 0. The van der Waals surface area contributed by atoms with Crippen LogP contribution in [-0.4, -0.2) is 49.7 Å². The summed E-state index contributed by atoms with van der Waals surface area (Å²) in [5.74, 6) is 0. The van der Waals surface area contributed by atoms with Crippen molar-refractivity contribution < 1.29 is 15.4 Å². The molecular weight excluding hydrogens is 100 g/mol. The summed E-state index contributed by atoms with van der Waals surface area (Å²) in [5, 5.41) is 8.25. The molecule has 5 heavy (non-hydrogen) atoms. The van der Waals surface area contributed by atoms with E-state index in [1.807, 2.05) is 0 Å². The first-order valence-corrected chi connectivity index (χ1v) is 0.471. The molecule has 3 nitrogen and oxygen atoms in total. The van der Waals surface area contributed by atoms with Crippen LogP contribution in [-0.2, 0) is 4.79 Å². The van der Waals surface area contributed by atoms with Crippen molar-refractivity contribution in [3.8, 4) is 0 Å². The van der Waals surface area contributed by atoms with Gasteiger partial charge in [0.25, 0.3) is 0 Å². The Kier molecular flexibility index (Phi) is 77.4. The largest absolute Gasteiger partial charge is 2.00 e. The fraction of sp³-hybridized carbons (Fsp3) is 0. The summed E-state index contributed by atoms with van der Waals surface area (Å²) >= 11 is 0. The number of hydrogen-bond donors (Lipinski definition) is 0. The molecule has 26 valence electrons. The van der Waals surface area contributed by atoms with Crippen LogP contribution in [0.5, 0.6) is 0 Å². The van der Waals surface area contributed by atoms with Crippen molar-refractivity contribution in [2.24, 2.45) is 0 Å². The molecule has 4 heteroatoms. The first-order valence-electron chi connectivity index (χ1n) is 0.471. The Labute approximate surface area is 59.3 Å². The van der Waals surface area contributed by atoms with Crippen molar-refractivity contribution in [3.63, 3.8) is 0 Å². The molecule has 0 saturated carbocycles. The molecule has 0 aliphatic rings. The average molecular weight is 102 g/mol. The molecule has 1 N–H and O–H groups in total. The van der Waals surface area contributed by atoms with Crippen LogP contribution in [0.2, 0.25) is 0 Å². The fourth-order valence-corrected chi connectivity index (χ4v) is 0. The predicted molar refractivity (Wildman–Crippen MR) is 13.8 cm³/mol. The zero-order chi connectivity index (χ0) is 2.71. The van der Waals surface area contributed by atoms with E-state index in [1.54, 1.807) is 0 Å². The molecule has 0 heterocycles. The van der Waals surface area contributed by atoms with Gasteiger partial charge in [-0.1, -0.05) is 0 Å². The molecule has 0 bridgehead atoms. The van der Waals surface area contributed by atoms with E-state index in [4.69, 9.17) is 9.90 Å². The van der Waals surface area contributed by atoms with Crippen LogP contribution in [0.4, 0.5) is 0 Å². The molecule has 0 unspecified atom stereocenters. The first-order chi connectivity index (χ1) is 1.41. The van der Waals surface area contributed by atoms with E-state index >= 15 is 0 Å². The first kappa shape index (κ1) is 17.3. The number of hydrogen-bond acceptors (Lipinski definition) is 3. The molecule has 0 radical (unpaired) electrons. The molecule has 0 aromatic carbocycles. The zero-order valence-electron chi connectivity index (χ0n) is 2.55. The minimum atomic E-state index is -0.500. The minimum Gasteiger partial charge on any atom is -0.870 e. The molecule has 0 saturated heterocycles. The van der Waals surface area contributed by atoms with Gasteiger partial charge in [-0.15, -0.1) is 0 Å². The van der Waals surface area contributed by atoms with Gasteiger partial charge in [-0.3, -0.25) is 0 Å². The molecule has 0 aromatic heterocycles.